The van der Waals surface area contributed by atoms with E-state index in [4.69, 9.17) is 9.72 Å². The second-order valence-electron chi connectivity index (χ2n) is 6.48. The molecule has 2 heterocycles. The number of rotatable bonds is 2. The first kappa shape index (κ1) is 13.6. The zero-order valence-corrected chi connectivity index (χ0v) is 12.8. The van der Waals surface area contributed by atoms with Crippen LogP contribution in [0.1, 0.15) is 19.3 Å². The first-order valence-electron chi connectivity index (χ1n) is 7.92. The van der Waals surface area contributed by atoms with Crippen molar-refractivity contribution in [1.29, 1.82) is 0 Å². The van der Waals surface area contributed by atoms with Gasteiger partial charge in [0.1, 0.15) is 5.82 Å². The second-order valence-corrected chi connectivity index (χ2v) is 6.48. The molecular formula is C18H20N2O2. The number of para-hydroxylation sites is 1. The molecule has 0 bridgehead atoms. The van der Waals surface area contributed by atoms with Crippen LogP contribution in [0.3, 0.4) is 0 Å². The standard InChI is InChI=1S/C18H20N2O2/c1-22-17(21)18-10-4-6-14(18)11-20(12-18)16-9-8-13-5-2-3-7-15(13)19-16/h2-3,5,7-9,14H,4,6,10-12H2,1H3. The summed E-state index contributed by atoms with van der Waals surface area (Å²) in [5, 5.41) is 1.15. The lowest BCUT2D eigenvalue weighted by Crippen LogP contribution is -2.37. The molecule has 1 aromatic carbocycles. The molecule has 1 aromatic heterocycles. The van der Waals surface area contributed by atoms with E-state index in [1.807, 2.05) is 18.2 Å². The van der Waals surface area contributed by atoms with E-state index in [9.17, 15) is 4.79 Å². The van der Waals surface area contributed by atoms with Crippen molar-refractivity contribution < 1.29 is 9.53 Å². The molecule has 0 spiro atoms. The number of hydrogen-bond donors (Lipinski definition) is 0. The minimum atomic E-state index is -0.317. The van der Waals surface area contributed by atoms with Crippen LogP contribution in [0, 0.1) is 11.3 Å². The van der Waals surface area contributed by atoms with Crippen LogP contribution in [-0.4, -0.2) is 31.2 Å². The van der Waals surface area contributed by atoms with E-state index < -0.39 is 0 Å². The summed E-state index contributed by atoms with van der Waals surface area (Å²) in [4.78, 5) is 19.4. The maximum absolute atomic E-state index is 12.3. The van der Waals surface area contributed by atoms with Crippen molar-refractivity contribution in [2.24, 2.45) is 11.3 Å². The van der Waals surface area contributed by atoms with E-state index in [1.54, 1.807) is 0 Å². The van der Waals surface area contributed by atoms with E-state index >= 15 is 0 Å². The van der Waals surface area contributed by atoms with Crippen molar-refractivity contribution in [3.8, 4) is 0 Å². The fraction of sp³-hybridized carbons (Fsp3) is 0.444. The monoisotopic (exact) mass is 296 g/mol. The van der Waals surface area contributed by atoms with Gasteiger partial charge in [0, 0.05) is 18.5 Å². The lowest BCUT2D eigenvalue weighted by Gasteiger charge is -2.25. The maximum Gasteiger partial charge on any atom is 0.313 e. The quantitative estimate of drug-likeness (QED) is 0.799. The van der Waals surface area contributed by atoms with Gasteiger partial charge in [-0.05, 0) is 37.0 Å². The van der Waals surface area contributed by atoms with Gasteiger partial charge in [-0.2, -0.15) is 0 Å². The average Bonchev–Trinajstić information content (AvgIpc) is 3.11. The third kappa shape index (κ3) is 1.90. The van der Waals surface area contributed by atoms with Crippen molar-refractivity contribution in [3.63, 3.8) is 0 Å². The highest BCUT2D eigenvalue weighted by atomic mass is 16.5. The number of pyridine rings is 1. The van der Waals surface area contributed by atoms with Crippen LogP contribution in [0.5, 0.6) is 0 Å². The summed E-state index contributed by atoms with van der Waals surface area (Å²) in [6.07, 6.45) is 3.17. The van der Waals surface area contributed by atoms with E-state index in [1.165, 1.54) is 7.11 Å². The summed E-state index contributed by atoms with van der Waals surface area (Å²) < 4.78 is 5.11. The topological polar surface area (TPSA) is 42.4 Å². The molecule has 1 saturated carbocycles. The molecule has 4 heteroatoms. The predicted molar refractivity (Wildman–Crippen MR) is 85.7 cm³/mol. The number of esters is 1. The molecule has 0 N–H and O–H groups in total. The SMILES string of the molecule is COC(=O)C12CCCC1CN(c1ccc3ccccc3n1)C2. The Hall–Kier alpha value is -2.10. The van der Waals surface area contributed by atoms with Crippen molar-refractivity contribution in [2.75, 3.05) is 25.1 Å². The fourth-order valence-electron chi connectivity index (χ4n) is 4.23. The fourth-order valence-corrected chi connectivity index (χ4v) is 4.23. The molecule has 0 radical (unpaired) electrons. The number of carbonyl (C=O) groups is 1. The molecule has 4 nitrogen and oxygen atoms in total. The molecule has 1 saturated heterocycles. The molecular weight excluding hydrogens is 276 g/mol. The van der Waals surface area contributed by atoms with Crippen molar-refractivity contribution in [1.82, 2.24) is 4.98 Å². The van der Waals surface area contributed by atoms with Crippen LogP contribution in [0.25, 0.3) is 10.9 Å². The van der Waals surface area contributed by atoms with E-state index in [2.05, 4.69) is 23.1 Å². The molecule has 0 amide bonds. The predicted octanol–water partition coefficient (Wildman–Crippen LogP) is 3.01. The van der Waals surface area contributed by atoms with Gasteiger partial charge in [0.15, 0.2) is 0 Å². The summed E-state index contributed by atoms with van der Waals surface area (Å²) in [5.41, 5.74) is 0.686. The van der Waals surface area contributed by atoms with Gasteiger partial charge in [-0.3, -0.25) is 4.79 Å². The van der Waals surface area contributed by atoms with Crippen LogP contribution in [0.4, 0.5) is 5.82 Å². The van der Waals surface area contributed by atoms with E-state index in [-0.39, 0.29) is 11.4 Å². The van der Waals surface area contributed by atoms with Crippen LogP contribution in [-0.2, 0) is 9.53 Å². The molecule has 1 aliphatic carbocycles. The Morgan fingerprint density at radius 1 is 1.32 bits per heavy atom. The zero-order chi connectivity index (χ0) is 15.2. The highest BCUT2D eigenvalue weighted by Gasteiger charge is 2.55. The summed E-state index contributed by atoms with van der Waals surface area (Å²) >= 11 is 0. The molecule has 2 unspecified atom stereocenters. The molecule has 4 rings (SSSR count). The highest BCUT2D eigenvalue weighted by molar-refractivity contribution is 5.82. The van der Waals surface area contributed by atoms with Crippen LogP contribution in [0.2, 0.25) is 0 Å². The summed E-state index contributed by atoms with van der Waals surface area (Å²) in [7, 11) is 1.50. The average molecular weight is 296 g/mol. The minimum Gasteiger partial charge on any atom is -0.469 e. The lowest BCUT2D eigenvalue weighted by molar-refractivity contribution is -0.152. The van der Waals surface area contributed by atoms with Crippen molar-refractivity contribution in [2.45, 2.75) is 19.3 Å². The number of nitrogens with zero attached hydrogens (tertiary/aromatic N) is 2. The summed E-state index contributed by atoms with van der Waals surface area (Å²) in [6.45, 7) is 1.64. The highest BCUT2D eigenvalue weighted by Crippen LogP contribution is 2.50. The van der Waals surface area contributed by atoms with E-state index in [0.29, 0.717) is 5.92 Å². The molecule has 22 heavy (non-hydrogen) atoms. The van der Waals surface area contributed by atoms with Crippen molar-refractivity contribution in [3.05, 3.63) is 36.4 Å². The van der Waals surface area contributed by atoms with Gasteiger partial charge in [0.2, 0.25) is 0 Å². The molecule has 2 aliphatic rings. The summed E-state index contributed by atoms with van der Waals surface area (Å²) in [5.74, 6) is 1.32. The normalized spacial score (nSPS) is 27.1. The first-order valence-corrected chi connectivity index (χ1v) is 7.92. The number of methoxy groups -OCH3 is 1. The Kier molecular flexibility index (Phi) is 3.06. The molecule has 1 aliphatic heterocycles. The minimum absolute atomic E-state index is 0.0433. The summed E-state index contributed by atoms with van der Waals surface area (Å²) in [6, 6.07) is 12.3. The smallest absolute Gasteiger partial charge is 0.313 e. The van der Waals surface area contributed by atoms with Gasteiger partial charge < -0.3 is 9.64 Å². The number of carbonyl (C=O) groups excluding carboxylic acids is 1. The number of aromatic nitrogens is 1. The van der Waals surface area contributed by atoms with Crippen LogP contribution < -0.4 is 4.90 Å². The number of ether oxygens (including phenoxy) is 1. The Labute approximate surface area is 130 Å². The molecule has 2 fully saturated rings. The van der Waals surface area contributed by atoms with Gasteiger partial charge >= 0.3 is 5.97 Å². The Bertz CT molecular complexity index is 730. The number of fused-ring (bicyclic) bond motifs is 2. The van der Waals surface area contributed by atoms with Gasteiger partial charge in [-0.1, -0.05) is 24.6 Å². The van der Waals surface area contributed by atoms with Gasteiger partial charge in [-0.25, -0.2) is 4.98 Å². The number of anilines is 1. The lowest BCUT2D eigenvalue weighted by atomic mass is 9.81. The van der Waals surface area contributed by atoms with Crippen LogP contribution >= 0.6 is 0 Å². The Balaban J connectivity index is 1.67. The van der Waals surface area contributed by atoms with E-state index in [0.717, 1.165) is 49.1 Å². The third-order valence-corrected chi connectivity index (χ3v) is 5.37. The number of benzene rings is 1. The number of hydrogen-bond acceptors (Lipinski definition) is 4. The maximum atomic E-state index is 12.3. The molecule has 2 atom stereocenters. The zero-order valence-electron chi connectivity index (χ0n) is 12.8. The van der Waals surface area contributed by atoms with Gasteiger partial charge in [-0.15, -0.1) is 0 Å². The molecule has 114 valence electrons. The Morgan fingerprint density at radius 2 is 2.18 bits per heavy atom. The van der Waals surface area contributed by atoms with Gasteiger partial charge in [0.05, 0.1) is 18.0 Å². The largest absolute Gasteiger partial charge is 0.469 e. The molecule has 2 aromatic rings. The third-order valence-electron chi connectivity index (χ3n) is 5.37. The first-order chi connectivity index (χ1) is 10.7. The Morgan fingerprint density at radius 3 is 3.05 bits per heavy atom. The van der Waals surface area contributed by atoms with Gasteiger partial charge in [0.25, 0.3) is 0 Å². The second kappa shape index (κ2) is 4.97. The van der Waals surface area contributed by atoms with Crippen molar-refractivity contribution >= 4 is 22.7 Å². The van der Waals surface area contributed by atoms with Crippen LogP contribution in [0.15, 0.2) is 36.4 Å².